The summed E-state index contributed by atoms with van der Waals surface area (Å²) in [5.74, 6) is 1.19. The molecule has 0 aliphatic rings. The summed E-state index contributed by atoms with van der Waals surface area (Å²) in [5, 5.41) is 11.9. The highest BCUT2D eigenvalue weighted by atomic mass is 16.5. The van der Waals surface area contributed by atoms with Gasteiger partial charge >= 0.3 is 0 Å². The van der Waals surface area contributed by atoms with Crippen molar-refractivity contribution in [2.75, 3.05) is 12.4 Å². The second-order valence-corrected chi connectivity index (χ2v) is 5.42. The van der Waals surface area contributed by atoms with E-state index in [0.29, 0.717) is 28.6 Å². The first kappa shape index (κ1) is 15.7. The van der Waals surface area contributed by atoms with E-state index in [0.717, 1.165) is 5.39 Å². The number of carbonyl (C=O) groups is 1. The van der Waals surface area contributed by atoms with Crippen molar-refractivity contribution in [1.82, 2.24) is 34.5 Å². The lowest BCUT2D eigenvalue weighted by atomic mass is 10.1. The molecule has 0 unspecified atom stereocenters. The molecular formula is C16H14N8O2. The minimum Gasteiger partial charge on any atom is -0.481 e. The first-order chi connectivity index (χ1) is 12.7. The van der Waals surface area contributed by atoms with Crippen LogP contribution in [0.3, 0.4) is 0 Å². The van der Waals surface area contributed by atoms with Crippen LogP contribution in [0.15, 0.2) is 43.2 Å². The average Bonchev–Trinajstić information content (AvgIpc) is 3.28. The van der Waals surface area contributed by atoms with Gasteiger partial charge < -0.3 is 10.1 Å². The fraction of sp³-hybridized carbons (Fsp3) is 0.125. The SMILES string of the molecule is COc1c2ccc(C(=O)Nc3cc(-n4cncn4)ncn3)cc2nn1C. The molecule has 0 aliphatic heterocycles. The smallest absolute Gasteiger partial charge is 0.256 e. The van der Waals surface area contributed by atoms with Crippen LogP contribution in [0.4, 0.5) is 5.82 Å². The molecular weight excluding hydrogens is 336 g/mol. The van der Waals surface area contributed by atoms with Crippen LogP contribution in [0.5, 0.6) is 5.88 Å². The maximum atomic E-state index is 12.5. The molecule has 10 nitrogen and oxygen atoms in total. The third-order valence-electron chi connectivity index (χ3n) is 3.78. The Hall–Kier alpha value is -3.82. The summed E-state index contributed by atoms with van der Waals surface area (Å²) in [5.41, 5.74) is 1.13. The van der Waals surface area contributed by atoms with E-state index in [4.69, 9.17) is 4.74 Å². The number of amides is 1. The van der Waals surface area contributed by atoms with Gasteiger partial charge in [0.1, 0.15) is 24.8 Å². The first-order valence-electron chi connectivity index (χ1n) is 7.65. The number of ether oxygens (including phenoxy) is 1. The Labute approximate surface area is 147 Å². The van der Waals surface area contributed by atoms with Gasteiger partial charge in [0.15, 0.2) is 5.82 Å². The number of aromatic nitrogens is 7. The van der Waals surface area contributed by atoms with Gasteiger partial charge in [-0.1, -0.05) is 0 Å². The zero-order valence-corrected chi connectivity index (χ0v) is 14.0. The first-order valence-corrected chi connectivity index (χ1v) is 7.65. The molecule has 1 N–H and O–H groups in total. The summed E-state index contributed by atoms with van der Waals surface area (Å²) >= 11 is 0. The lowest BCUT2D eigenvalue weighted by Gasteiger charge is -2.06. The van der Waals surface area contributed by atoms with E-state index >= 15 is 0 Å². The molecule has 1 amide bonds. The number of methoxy groups -OCH3 is 1. The van der Waals surface area contributed by atoms with Crippen molar-refractivity contribution in [1.29, 1.82) is 0 Å². The summed E-state index contributed by atoms with van der Waals surface area (Å²) < 4.78 is 8.41. The van der Waals surface area contributed by atoms with Crippen molar-refractivity contribution in [2.24, 2.45) is 7.05 Å². The van der Waals surface area contributed by atoms with Crippen molar-refractivity contribution in [3.8, 4) is 11.7 Å². The molecule has 26 heavy (non-hydrogen) atoms. The van der Waals surface area contributed by atoms with Gasteiger partial charge in [-0.3, -0.25) is 4.79 Å². The highest BCUT2D eigenvalue weighted by Crippen LogP contribution is 2.25. The van der Waals surface area contributed by atoms with E-state index < -0.39 is 0 Å². The van der Waals surface area contributed by atoms with Crippen molar-refractivity contribution in [2.45, 2.75) is 0 Å². The number of nitrogens with zero attached hydrogens (tertiary/aromatic N) is 7. The van der Waals surface area contributed by atoms with E-state index in [9.17, 15) is 4.79 Å². The Morgan fingerprint density at radius 1 is 1.19 bits per heavy atom. The normalized spacial score (nSPS) is 10.8. The van der Waals surface area contributed by atoms with Crippen LogP contribution < -0.4 is 10.1 Å². The second-order valence-electron chi connectivity index (χ2n) is 5.42. The Kier molecular flexibility index (Phi) is 3.77. The van der Waals surface area contributed by atoms with Gasteiger partial charge in [-0.15, -0.1) is 0 Å². The maximum absolute atomic E-state index is 12.5. The number of nitrogens with one attached hydrogen (secondary N) is 1. The third-order valence-corrected chi connectivity index (χ3v) is 3.78. The number of hydrogen-bond acceptors (Lipinski definition) is 7. The van der Waals surface area contributed by atoms with E-state index in [1.54, 1.807) is 43.1 Å². The topological polar surface area (TPSA) is 113 Å². The van der Waals surface area contributed by atoms with Gasteiger partial charge in [0.25, 0.3) is 5.91 Å². The predicted molar refractivity (Wildman–Crippen MR) is 92.2 cm³/mol. The quantitative estimate of drug-likeness (QED) is 0.588. The van der Waals surface area contributed by atoms with Gasteiger partial charge in [-0.25, -0.2) is 24.3 Å². The molecule has 10 heteroatoms. The second kappa shape index (κ2) is 6.24. The van der Waals surface area contributed by atoms with Crippen molar-refractivity contribution >= 4 is 22.6 Å². The van der Waals surface area contributed by atoms with Crippen LogP contribution in [0.1, 0.15) is 10.4 Å². The van der Waals surface area contributed by atoms with Gasteiger partial charge in [-0.2, -0.15) is 10.2 Å². The maximum Gasteiger partial charge on any atom is 0.256 e. The number of fused-ring (bicyclic) bond motifs is 1. The summed E-state index contributed by atoms with van der Waals surface area (Å²) in [7, 11) is 3.37. The van der Waals surface area contributed by atoms with Crippen LogP contribution in [0, 0.1) is 0 Å². The van der Waals surface area contributed by atoms with E-state index in [-0.39, 0.29) is 5.91 Å². The molecule has 130 valence electrons. The molecule has 3 heterocycles. The molecule has 0 fully saturated rings. The van der Waals surface area contributed by atoms with Crippen LogP contribution in [0.2, 0.25) is 0 Å². The van der Waals surface area contributed by atoms with Crippen LogP contribution in [0.25, 0.3) is 16.7 Å². The molecule has 0 bridgehead atoms. The third kappa shape index (κ3) is 2.73. The number of benzene rings is 1. The largest absolute Gasteiger partial charge is 0.481 e. The predicted octanol–water partition coefficient (Wildman–Crippen LogP) is 1.20. The Morgan fingerprint density at radius 3 is 2.85 bits per heavy atom. The van der Waals surface area contributed by atoms with E-state index in [1.165, 1.54) is 23.7 Å². The Bertz CT molecular complexity index is 1090. The summed E-state index contributed by atoms with van der Waals surface area (Å²) in [4.78, 5) is 24.6. The van der Waals surface area contributed by atoms with Crippen molar-refractivity contribution in [3.63, 3.8) is 0 Å². The highest BCUT2D eigenvalue weighted by Gasteiger charge is 2.13. The minimum absolute atomic E-state index is 0.306. The average molecular weight is 350 g/mol. The number of aryl methyl sites for hydroxylation is 1. The molecule has 4 aromatic rings. The van der Waals surface area contributed by atoms with E-state index in [2.05, 4.69) is 30.5 Å². The molecule has 3 aromatic heterocycles. The van der Waals surface area contributed by atoms with Gasteiger partial charge in [0.05, 0.1) is 18.0 Å². The van der Waals surface area contributed by atoms with Crippen LogP contribution in [-0.4, -0.2) is 47.5 Å². The zero-order chi connectivity index (χ0) is 18.1. The minimum atomic E-state index is -0.306. The molecule has 0 atom stereocenters. The van der Waals surface area contributed by atoms with Crippen LogP contribution in [-0.2, 0) is 7.05 Å². The fourth-order valence-electron chi connectivity index (χ4n) is 2.62. The van der Waals surface area contributed by atoms with Crippen molar-refractivity contribution < 1.29 is 9.53 Å². The van der Waals surface area contributed by atoms with Crippen LogP contribution >= 0.6 is 0 Å². The number of anilines is 1. The van der Waals surface area contributed by atoms with Gasteiger partial charge in [-0.05, 0) is 18.2 Å². The molecule has 0 spiro atoms. The molecule has 4 rings (SSSR count). The van der Waals surface area contributed by atoms with E-state index in [1.807, 2.05) is 0 Å². The number of rotatable bonds is 4. The number of carbonyl (C=O) groups excluding carboxylic acids is 1. The lowest BCUT2D eigenvalue weighted by molar-refractivity contribution is 0.102. The number of hydrogen-bond donors (Lipinski definition) is 1. The monoisotopic (exact) mass is 350 g/mol. The molecule has 0 radical (unpaired) electrons. The zero-order valence-electron chi connectivity index (χ0n) is 14.0. The lowest BCUT2D eigenvalue weighted by Crippen LogP contribution is -2.13. The fourth-order valence-corrected chi connectivity index (χ4v) is 2.62. The summed E-state index contributed by atoms with van der Waals surface area (Å²) in [6, 6.07) is 6.82. The molecule has 0 aliphatic carbocycles. The van der Waals surface area contributed by atoms with Gasteiger partial charge in [0, 0.05) is 18.7 Å². The van der Waals surface area contributed by atoms with Crippen molar-refractivity contribution in [3.05, 3.63) is 48.8 Å². The molecule has 0 saturated heterocycles. The Morgan fingerprint density at radius 2 is 2.08 bits per heavy atom. The Balaban J connectivity index is 1.60. The summed E-state index contributed by atoms with van der Waals surface area (Å²) in [6.45, 7) is 0. The van der Waals surface area contributed by atoms with Gasteiger partial charge in [0.2, 0.25) is 5.88 Å². The highest BCUT2D eigenvalue weighted by molar-refractivity contribution is 6.06. The molecule has 1 aromatic carbocycles. The standard InChI is InChI=1S/C16H14N8O2/c1-23-16(26-2)11-4-3-10(5-12(11)22-23)15(25)21-13-6-14(19-8-18-13)24-9-17-7-20-24/h3-9H,1-2H3,(H,18,19,21,25). The molecule has 0 saturated carbocycles. The summed E-state index contributed by atoms with van der Waals surface area (Å²) in [6.07, 6.45) is 4.26.